The van der Waals surface area contributed by atoms with Crippen molar-refractivity contribution in [2.45, 2.75) is 13.3 Å². The topological polar surface area (TPSA) is 30.2 Å². The number of aryl methyl sites for hydroxylation is 1. The molecule has 1 aromatic carbocycles. The highest BCUT2D eigenvalue weighted by Gasteiger charge is 2.15. The van der Waals surface area contributed by atoms with Crippen molar-refractivity contribution in [3.8, 4) is 0 Å². The predicted molar refractivity (Wildman–Crippen MR) is 62.9 cm³/mol. The lowest BCUT2D eigenvalue weighted by Crippen LogP contribution is -2.04. The van der Waals surface area contributed by atoms with E-state index in [0.717, 1.165) is 0 Å². The van der Waals surface area contributed by atoms with Crippen LogP contribution in [0, 0.1) is 12.7 Å². The lowest BCUT2D eigenvalue weighted by atomic mass is 10.1. The van der Waals surface area contributed by atoms with Gasteiger partial charge in [-0.15, -0.1) is 0 Å². The molecule has 0 bridgehead atoms. The zero-order chi connectivity index (χ0) is 12.4. The number of carbonyl (C=O) groups excluding carboxylic acids is 1. The molecule has 1 heterocycles. The average Bonchev–Trinajstić information content (AvgIpc) is 2.70. The van der Waals surface area contributed by atoms with Crippen LogP contribution in [-0.2, 0) is 6.42 Å². The third-order valence-corrected chi connectivity index (χ3v) is 2.77. The molecule has 0 aliphatic heterocycles. The number of carbonyl (C=O) groups is 1. The summed E-state index contributed by atoms with van der Waals surface area (Å²) >= 11 is 5.84. The fourth-order valence-electron chi connectivity index (χ4n) is 1.53. The van der Waals surface area contributed by atoms with Crippen LogP contribution in [0.25, 0.3) is 0 Å². The third-order valence-electron chi connectivity index (χ3n) is 2.41. The summed E-state index contributed by atoms with van der Waals surface area (Å²) in [5.74, 6) is 0.106. The second kappa shape index (κ2) is 4.72. The molecule has 0 saturated heterocycles. The lowest BCUT2D eigenvalue weighted by Gasteiger charge is -2.03. The van der Waals surface area contributed by atoms with E-state index >= 15 is 0 Å². The fourth-order valence-corrected chi connectivity index (χ4v) is 1.76. The van der Waals surface area contributed by atoms with Gasteiger partial charge in [-0.25, -0.2) is 4.39 Å². The first kappa shape index (κ1) is 11.9. The van der Waals surface area contributed by atoms with E-state index in [1.54, 1.807) is 25.1 Å². The highest BCUT2D eigenvalue weighted by atomic mass is 35.5. The van der Waals surface area contributed by atoms with Crippen LogP contribution < -0.4 is 0 Å². The molecule has 17 heavy (non-hydrogen) atoms. The maximum Gasteiger partial charge on any atom is 0.202 e. The van der Waals surface area contributed by atoms with Gasteiger partial charge in [0.2, 0.25) is 5.78 Å². The summed E-state index contributed by atoms with van der Waals surface area (Å²) < 4.78 is 18.6. The lowest BCUT2D eigenvalue weighted by molar-refractivity contribution is 0.0964. The highest BCUT2D eigenvalue weighted by molar-refractivity contribution is 6.31. The van der Waals surface area contributed by atoms with Gasteiger partial charge in [0.25, 0.3) is 0 Å². The van der Waals surface area contributed by atoms with Gasteiger partial charge in [-0.2, -0.15) is 0 Å². The Bertz CT molecular complexity index is 540. The molecule has 0 N–H and O–H groups in total. The summed E-state index contributed by atoms with van der Waals surface area (Å²) in [6.45, 7) is 1.74. The smallest absolute Gasteiger partial charge is 0.202 e. The van der Waals surface area contributed by atoms with Crippen LogP contribution in [0.5, 0.6) is 0 Å². The second-order valence-corrected chi connectivity index (χ2v) is 4.12. The minimum Gasteiger partial charge on any atom is -0.458 e. The Balaban J connectivity index is 2.24. The van der Waals surface area contributed by atoms with Crippen LogP contribution in [0.1, 0.15) is 21.9 Å². The maximum atomic E-state index is 13.5. The van der Waals surface area contributed by atoms with Gasteiger partial charge in [-0.05, 0) is 31.2 Å². The average molecular weight is 253 g/mol. The quantitative estimate of drug-likeness (QED) is 0.778. The molecule has 2 aromatic rings. The van der Waals surface area contributed by atoms with Crippen LogP contribution in [0.3, 0.4) is 0 Å². The molecule has 0 radical (unpaired) electrons. The zero-order valence-electron chi connectivity index (χ0n) is 9.17. The fraction of sp³-hybridized carbons (Fsp3) is 0.154. The molecule has 2 nitrogen and oxygen atoms in total. The van der Waals surface area contributed by atoms with Crippen LogP contribution in [0.4, 0.5) is 4.39 Å². The van der Waals surface area contributed by atoms with Gasteiger partial charge in [0, 0.05) is 17.0 Å². The normalized spacial score (nSPS) is 10.5. The molecule has 2 rings (SSSR count). The Labute approximate surface area is 103 Å². The molecule has 88 valence electrons. The van der Waals surface area contributed by atoms with Gasteiger partial charge in [-0.3, -0.25) is 4.79 Å². The number of rotatable bonds is 3. The third kappa shape index (κ3) is 2.56. The number of furan rings is 1. The molecule has 0 fully saturated rings. The number of halogens is 2. The first-order valence-corrected chi connectivity index (χ1v) is 5.48. The molecule has 4 heteroatoms. The molecular formula is C13H10ClFO2. The second-order valence-electron chi connectivity index (χ2n) is 3.71. The molecule has 0 aliphatic rings. The summed E-state index contributed by atoms with van der Waals surface area (Å²) in [5.41, 5.74) is 0.202. The SMILES string of the molecule is Cc1ccc(C(=O)Cc2c(F)cccc2Cl)o1. The Morgan fingerprint density at radius 3 is 2.71 bits per heavy atom. The Kier molecular flexibility index (Phi) is 3.29. The summed E-state index contributed by atoms with van der Waals surface area (Å²) in [5, 5.41) is 0.252. The zero-order valence-corrected chi connectivity index (χ0v) is 9.92. The molecule has 0 amide bonds. The van der Waals surface area contributed by atoms with E-state index in [4.69, 9.17) is 16.0 Å². The monoisotopic (exact) mass is 252 g/mol. The highest BCUT2D eigenvalue weighted by Crippen LogP contribution is 2.21. The van der Waals surface area contributed by atoms with E-state index in [2.05, 4.69) is 0 Å². The maximum absolute atomic E-state index is 13.5. The minimum absolute atomic E-state index is 0.0988. The minimum atomic E-state index is -0.478. The van der Waals surface area contributed by atoms with Crippen molar-refractivity contribution >= 4 is 17.4 Å². The number of hydrogen-bond donors (Lipinski definition) is 0. The summed E-state index contributed by atoms with van der Waals surface area (Å²) in [6, 6.07) is 7.60. The van der Waals surface area contributed by atoms with Gasteiger partial charge in [0.15, 0.2) is 5.76 Å². The number of hydrogen-bond acceptors (Lipinski definition) is 2. The van der Waals surface area contributed by atoms with Gasteiger partial charge in [-0.1, -0.05) is 17.7 Å². The van der Waals surface area contributed by atoms with Gasteiger partial charge in [0.05, 0.1) is 0 Å². The molecular weight excluding hydrogens is 243 g/mol. The van der Waals surface area contributed by atoms with Gasteiger partial charge < -0.3 is 4.42 Å². The molecule has 0 unspecified atom stereocenters. The van der Waals surface area contributed by atoms with Crippen LogP contribution >= 0.6 is 11.6 Å². The van der Waals surface area contributed by atoms with Crippen molar-refractivity contribution in [1.82, 2.24) is 0 Å². The van der Waals surface area contributed by atoms with E-state index in [9.17, 15) is 9.18 Å². The largest absolute Gasteiger partial charge is 0.458 e. The number of Topliss-reactive ketones (excluding diaryl/α,β-unsaturated/α-hetero) is 1. The van der Waals surface area contributed by atoms with Crippen LogP contribution in [-0.4, -0.2) is 5.78 Å². The molecule has 0 spiro atoms. The molecule has 1 aromatic heterocycles. The number of benzene rings is 1. The van der Waals surface area contributed by atoms with Crippen molar-refractivity contribution in [2.24, 2.45) is 0 Å². The Morgan fingerprint density at radius 2 is 2.12 bits per heavy atom. The predicted octanol–water partition coefficient (Wildman–Crippen LogP) is 3.81. The summed E-state index contributed by atoms with van der Waals surface area (Å²) in [4.78, 5) is 11.8. The van der Waals surface area contributed by atoms with Crippen LogP contribution in [0.2, 0.25) is 5.02 Å². The Morgan fingerprint density at radius 1 is 1.35 bits per heavy atom. The van der Waals surface area contributed by atoms with E-state index < -0.39 is 5.82 Å². The van der Waals surface area contributed by atoms with E-state index in [0.29, 0.717) is 5.76 Å². The molecule has 0 aliphatic carbocycles. The summed E-state index contributed by atoms with van der Waals surface area (Å²) in [6.07, 6.45) is -0.0988. The van der Waals surface area contributed by atoms with Crippen molar-refractivity contribution in [3.63, 3.8) is 0 Å². The molecule has 0 atom stereocenters. The first-order valence-electron chi connectivity index (χ1n) is 5.10. The van der Waals surface area contributed by atoms with E-state index in [1.165, 1.54) is 12.1 Å². The number of ketones is 1. The van der Waals surface area contributed by atoms with Crippen molar-refractivity contribution < 1.29 is 13.6 Å². The van der Waals surface area contributed by atoms with E-state index in [1.807, 2.05) is 0 Å². The van der Waals surface area contributed by atoms with Gasteiger partial charge in [0.1, 0.15) is 11.6 Å². The van der Waals surface area contributed by atoms with Crippen molar-refractivity contribution in [2.75, 3.05) is 0 Å². The first-order chi connectivity index (χ1) is 8.08. The van der Waals surface area contributed by atoms with Crippen molar-refractivity contribution in [1.29, 1.82) is 0 Å². The standard InChI is InChI=1S/C13H10ClFO2/c1-8-5-6-13(17-8)12(16)7-9-10(14)3-2-4-11(9)15/h2-6H,7H2,1H3. The summed E-state index contributed by atoms with van der Waals surface area (Å²) in [7, 11) is 0. The van der Waals surface area contributed by atoms with Crippen LogP contribution in [0.15, 0.2) is 34.7 Å². The van der Waals surface area contributed by atoms with Gasteiger partial charge >= 0.3 is 0 Å². The van der Waals surface area contributed by atoms with Crippen molar-refractivity contribution in [3.05, 3.63) is 58.3 Å². The molecule has 0 saturated carbocycles. The van der Waals surface area contributed by atoms with E-state index in [-0.39, 0.29) is 28.6 Å². The Hall–Kier alpha value is -1.61.